The highest BCUT2D eigenvalue weighted by atomic mass is 16.3. The van der Waals surface area contributed by atoms with Gasteiger partial charge >= 0.3 is 0 Å². The van der Waals surface area contributed by atoms with Crippen molar-refractivity contribution >= 4 is 0 Å². The van der Waals surface area contributed by atoms with Crippen molar-refractivity contribution in [2.24, 2.45) is 0 Å². The van der Waals surface area contributed by atoms with Crippen molar-refractivity contribution in [1.82, 2.24) is 9.88 Å². The first-order valence-corrected chi connectivity index (χ1v) is 10.8. The predicted octanol–water partition coefficient (Wildman–Crippen LogP) is 5.15. The van der Waals surface area contributed by atoms with E-state index in [0.717, 1.165) is 36.2 Å². The van der Waals surface area contributed by atoms with E-state index in [2.05, 4.69) is 64.5 Å². The van der Waals surface area contributed by atoms with Gasteiger partial charge in [-0.25, -0.2) is 0 Å². The number of hydrogen-bond donors (Lipinski definition) is 1. The first-order valence-electron chi connectivity index (χ1n) is 10.8. The SMILES string of the molecule is OC1(c2ccc(-c3ccccn3)cc2)CC2CCCC(C1)N2Cc1ccccc1. The molecule has 29 heavy (non-hydrogen) atoms. The smallest absolute Gasteiger partial charge is 0.0926 e. The van der Waals surface area contributed by atoms with Gasteiger partial charge in [-0.05, 0) is 48.9 Å². The molecule has 2 atom stereocenters. The fourth-order valence-corrected chi connectivity index (χ4v) is 5.29. The first-order chi connectivity index (χ1) is 14.2. The summed E-state index contributed by atoms with van der Waals surface area (Å²) in [5, 5.41) is 11.7. The van der Waals surface area contributed by atoms with Crippen LogP contribution in [0.25, 0.3) is 11.3 Å². The average molecular weight is 385 g/mol. The van der Waals surface area contributed by atoms with Gasteiger partial charge in [0, 0.05) is 30.4 Å². The van der Waals surface area contributed by atoms with Crippen LogP contribution in [0.15, 0.2) is 79.0 Å². The van der Waals surface area contributed by atoms with E-state index >= 15 is 0 Å². The van der Waals surface area contributed by atoms with E-state index in [1.807, 2.05) is 24.4 Å². The molecule has 2 bridgehead atoms. The van der Waals surface area contributed by atoms with E-state index in [1.54, 1.807) is 0 Å². The lowest BCUT2D eigenvalue weighted by atomic mass is 9.72. The van der Waals surface area contributed by atoms with Gasteiger partial charge in [-0.2, -0.15) is 0 Å². The van der Waals surface area contributed by atoms with Gasteiger partial charge in [0.2, 0.25) is 0 Å². The lowest BCUT2D eigenvalue weighted by Crippen LogP contribution is -2.56. The molecule has 3 heteroatoms. The van der Waals surface area contributed by atoms with Crippen molar-refractivity contribution in [2.75, 3.05) is 0 Å². The third-order valence-electron chi connectivity index (χ3n) is 6.75. The van der Waals surface area contributed by atoms with Crippen LogP contribution in [0.4, 0.5) is 0 Å². The Kier molecular flexibility index (Phi) is 4.94. The number of rotatable bonds is 4. The largest absolute Gasteiger partial charge is 0.385 e. The molecule has 0 amide bonds. The van der Waals surface area contributed by atoms with Crippen LogP contribution in [0.3, 0.4) is 0 Å². The number of aliphatic hydroxyl groups is 1. The zero-order chi connectivity index (χ0) is 19.7. The normalized spacial score (nSPS) is 26.9. The van der Waals surface area contributed by atoms with Crippen molar-refractivity contribution in [3.05, 3.63) is 90.1 Å². The molecule has 1 aromatic heterocycles. The maximum Gasteiger partial charge on any atom is 0.0926 e. The van der Waals surface area contributed by atoms with E-state index in [-0.39, 0.29) is 0 Å². The minimum absolute atomic E-state index is 0.447. The molecule has 0 spiro atoms. The Morgan fingerprint density at radius 3 is 2.21 bits per heavy atom. The highest BCUT2D eigenvalue weighted by Crippen LogP contribution is 2.45. The summed E-state index contributed by atoms with van der Waals surface area (Å²) in [4.78, 5) is 7.08. The molecule has 148 valence electrons. The molecule has 0 aliphatic carbocycles. The van der Waals surface area contributed by atoms with Gasteiger partial charge in [0.1, 0.15) is 0 Å². The monoisotopic (exact) mass is 384 g/mol. The van der Waals surface area contributed by atoms with Crippen molar-refractivity contribution < 1.29 is 5.11 Å². The second kappa shape index (κ2) is 7.74. The minimum Gasteiger partial charge on any atom is -0.385 e. The molecule has 2 aliphatic heterocycles. The fourth-order valence-electron chi connectivity index (χ4n) is 5.29. The lowest BCUT2D eigenvalue weighted by Gasteiger charge is -2.52. The fraction of sp³-hybridized carbons (Fsp3) is 0.346. The molecule has 5 rings (SSSR count). The Morgan fingerprint density at radius 1 is 0.862 bits per heavy atom. The number of benzene rings is 2. The zero-order valence-electron chi connectivity index (χ0n) is 16.7. The van der Waals surface area contributed by atoms with Crippen LogP contribution in [0.1, 0.15) is 43.2 Å². The zero-order valence-corrected chi connectivity index (χ0v) is 16.7. The number of fused-ring (bicyclic) bond motifs is 2. The molecule has 2 unspecified atom stereocenters. The molecule has 2 fully saturated rings. The molecular formula is C26H28N2O. The van der Waals surface area contributed by atoms with Gasteiger partial charge in [-0.15, -0.1) is 0 Å². The molecular weight excluding hydrogens is 356 g/mol. The molecule has 0 saturated carbocycles. The van der Waals surface area contributed by atoms with Crippen LogP contribution in [-0.4, -0.2) is 27.1 Å². The number of pyridine rings is 1. The van der Waals surface area contributed by atoms with Crippen LogP contribution in [0, 0.1) is 0 Å². The maximum absolute atomic E-state index is 11.7. The summed E-state index contributed by atoms with van der Waals surface area (Å²) in [6.45, 7) is 0.991. The van der Waals surface area contributed by atoms with Gasteiger partial charge in [0.15, 0.2) is 0 Å². The van der Waals surface area contributed by atoms with E-state index < -0.39 is 5.60 Å². The van der Waals surface area contributed by atoms with Gasteiger partial charge in [0.05, 0.1) is 11.3 Å². The summed E-state index contributed by atoms with van der Waals surface area (Å²) >= 11 is 0. The maximum atomic E-state index is 11.7. The highest BCUT2D eigenvalue weighted by Gasteiger charge is 2.46. The molecule has 3 heterocycles. The topological polar surface area (TPSA) is 36.4 Å². The number of nitrogens with zero attached hydrogens (tertiary/aromatic N) is 2. The van der Waals surface area contributed by atoms with Gasteiger partial charge in [0.25, 0.3) is 0 Å². The quantitative estimate of drug-likeness (QED) is 0.675. The second-order valence-electron chi connectivity index (χ2n) is 8.63. The van der Waals surface area contributed by atoms with Gasteiger partial charge < -0.3 is 5.11 Å². The lowest BCUT2D eigenvalue weighted by molar-refractivity contribution is -0.0999. The van der Waals surface area contributed by atoms with E-state index in [1.165, 1.54) is 24.8 Å². The van der Waals surface area contributed by atoms with E-state index in [0.29, 0.717) is 12.1 Å². The Labute approximate surface area is 173 Å². The van der Waals surface area contributed by atoms with E-state index in [9.17, 15) is 5.11 Å². The molecule has 1 N–H and O–H groups in total. The Bertz CT molecular complexity index is 925. The predicted molar refractivity (Wildman–Crippen MR) is 116 cm³/mol. The summed E-state index contributed by atoms with van der Waals surface area (Å²) in [6, 6.07) is 26.0. The average Bonchev–Trinajstić information content (AvgIpc) is 2.76. The summed E-state index contributed by atoms with van der Waals surface area (Å²) in [5.74, 6) is 0. The summed E-state index contributed by atoms with van der Waals surface area (Å²) in [5.41, 5.74) is 3.76. The Hall–Kier alpha value is -2.49. The third-order valence-corrected chi connectivity index (χ3v) is 6.75. The Balaban J connectivity index is 1.37. The van der Waals surface area contributed by atoms with Crippen molar-refractivity contribution in [3.63, 3.8) is 0 Å². The molecule has 0 radical (unpaired) electrons. The summed E-state index contributed by atoms with van der Waals surface area (Å²) < 4.78 is 0. The number of hydrogen-bond acceptors (Lipinski definition) is 3. The molecule has 3 nitrogen and oxygen atoms in total. The molecule has 3 aromatic rings. The molecule has 2 saturated heterocycles. The van der Waals surface area contributed by atoms with Crippen molar-refractivity contribution in [1.29, 1.82) is 0 Å². The standard InChI is InChI=1S/C26H28N2O/c29-26(22-14-12-21(13-15-22)25-11-4-5-16-27-25)17-23-9-6-10-24(18-26)28(23)19-20-7-2-1-3-8-20/h1-5,7-8,11-16,23-24,29H,6,9-10,17-19H2. The molecule has 2 aromatic carbocycles. The van der Waals surface area contributed by atoms with Gasteiger partial charge in [-0.1, -0.05) is 67.1 Å². The Morgan fingerprint density at radius 2 is 1.55 bits per heavy atom. The van der Waals surface area contributed by atoms with Gasteiger partial charge in [-0.3, -0.25) is 9.88 Å². The van der Waals surface area contributed by atoms with Crippen LogP contribution in [-0.2, 0) is 12.1 Å². The van der Waals surface area contributed by atoms with Crippen LogP contribution >= 0.6 is 0 Å². The highest BCUT2D eigenvalue weighted by molar-refractivity contribution is 5.59. The van der Waals surface area contributed by atoms with Crippen LogP contribution in [0.2, 0.25) is 0 Å². The van der Waals surface area contributed by atoms with Crippen LogP contribution < -0.4 is 0 Å². The summed E-state index contributed by atoms with van der Waals surface area (Å²) in [7, 11) is 0. The summed E-state index contributed by atoms with van der Waals surface area (Å²) in [6.07, 6.45) is 7.09. The minimum atomic E-state index is -0.731. The van der Waals surface area contributed by atoms with Crippen molar-refractivity contribution in [3.8, 4) is 11.3 Å². The number of piperidine rings is 2. The second-order valence-corrected chi connectivity index (χ2v) is 8.63. The van der Waals surface area contributed by atoms with Crippen molar-refractivity contribution in [2.45, 2.75) is 56.3 Å². The van der Waals surface area contributed by atoms with E-state index in [4.69, 9.17) is 0 Å². The molecule has 2 aliphatic rings. The van der Waals surface area contributed by atoms with Crippen LogP contribution in [0.5, 0.6) is 0 Å². The third kappa shape index (κ3) is 3.73. The number of aromatic nitrogens is 1. The first kappa shape index (κ1) is 18.5.